The van der Waals surface area contributed by atoms with Crippen molar-refractivity contribution in [2.45, 2.75) is 57.2 Å². The molecule has 0 saturated heterocycles. The fraction of sp³-hybridized carbons (Fsp3) is 0.321. The molecular weight excluding hydrogens is 575 g/mol. The number of aromatic nitrogens is 4. The molecule has 9 nitrogen and oxygen atoms in total. The lowest BCUT2D eigenvalue weighted by Gasteiger charge is -2.26. The number of hydrogen-bond acceptors (Lipinski definition) is 8. The van der Waals surface area contributed by atoms with Gasteiger partial charge in [-0.15, -0.1) is 11.3 Å². The average molecular weight is 602 g/mol. The zero-order chi connectivity index (χ0) is 28.6. The van der Waals surface area contributed by atoms with E-state index in [-0.39, 0.29) is 21.8 Å². The van der Waals surface area contributed by atoms with E-state index in [1.165, 1.54) is 23.5 Å². The molecule has 2 heterocycles. The van der Waals surface area contributed by atoms with E-state index in [9.17, 15) is 19.5 Å². The van der Waals surface area contributed by atoms with Crippen LogP contribution in [0.25, 0.3) is 16.9 Å². The van der Waals surface area contributed by atoms with Crippen molar-refractivity contribution in [1.29, 1.82) is 0 Å². The molecule has 5 rings (SSSR count). The van der Waals surface area contributed by atoms with Gasteiger partial charge in [0.25, 0.3) is 5.56 Å². The number of aromatic amines is 1. The van der Waals surface area contributed by atoms with Crippen molar-refractivity contribution in [2.24, 2.45) is 0 Å². The summed E-state index contributed by atoms with van der Waals surface area (Å²) in [5, 5.41) is 15.0. The Bertz CT molecular complexity index is 1660. The van der Waals surface area contributed by atoms with Crippen molar-refractivity contribution in [2.75, 3.05) is 0 Å². The number of halogens is 2. The summed E-state index contributed by atoms with van der Waals surface area (Å²) in [6.07, 6.45) is 2.75. The summed E-state index contributed by atoms with van der Waals surface area (Å²) in [5.41, 5.74) is -0.144. The SMILES string of the molecule is CC(C)(c1nc(-c2ccccc2)c(C(=O)OC2CCCC(O)C2)s1)c1c(Cl)cc(-n2ncc(=O)[nH]c2=O)cc1Cl. The normalized spacial score (nSPS) is 17.5. The molecule has 40 heavy (non-hydrogen) atoms. The molecule has 2 atom stereocenters. The van der Waals surface area contributed by atoms with Gasteiger partial charge in [-0.3, -0.25) is 9.78 Å². The summed E-state index contributed by atoms with van der Waals surface area (Å²) in [4.78, 5) is 44.5. The van der Waals surface area contributed by atoms with Crippen LogP contribution in [-0.2, 0) is 10.2 Å². The average Bonchev–Trinajstić information content (AvgIpc) is 3.35. The van der Waals surface area contributed by atoms with E-state index in [4.69, 9.17) is 32.9 Å². The molecule has 1 fully saturated rings. The van der Waals surface area contributed by atoms with E-state index in [0.29, 0.717) is 40.4 Å². The number of aliphatic hydroxyl groups excluding tert-OH is 1. The monoisotopic (exact) mass is 600 g/mol. The van der Waals surface area contributed by atoms with Crippen LogP contribution in [0.4, 0.5) is 0 Å². The van der Waals surface area contributed by atoms with Crippen LogP contribution < -0.4 is 11.2 Å². The van der Waals surface area contributed by atoms with Gasteiger partial charge in [-0.05, 0) is 45.2 Å². The molecule has 1 aliphatic rings. The third-order valence-electron chi connectivity index (χ3n) is 6.88. The molecule has 0 bridgehead atoms. The van der Waals surface area contributed by atoms with Crippen LogP contribution in [0.5, 0.6) is 0 Å². The molecule has 0 spiro atoms. The number of hydrogen-bond donors (Lipinski definition) is 2. The van der Waals surface area contributed by atoms with E-state index in [1.807, 2.05) is 44.2 Å². The number of nitrogens with zero attached hydrogens (tertiary/aromatic N) is 3. The second kappa shape index (κ2) is 11.3. The van der Waals surface area contributed by atoms with Gasteiger partial charge in [0, 0.05) is 33.0 Å². The fourth-order valence-electron chi connectivity index (χ4n) is 4.87. The first-order valence-corrected chi connectivity index (χ1v) is 14.3. The van der Waals surface area contributed by atoms with Crippen molar-refractivity contribution < 1.29 is 14.6 Å². The van der Waals surface area contributed by atoms with Crippen LogP contribution in [0.3, 0.4) is 0 Å². The number of H-pyrrole nitrogens is 1. The number of rotatable bonds is 6. The highest BCUT2D eigenvalue weighted by molar-refractivity contribution is 7.14. The maximum atomic E-state index is 13.4. The Morgan fingerprint density at radius 3 is 2.50 bits per heavy atom. The largest absolute Gasteiger partial charge is 0.458 e. The van der Waals surface area contributed by atoms with Gasteiger partial charge in [0.1, 0.15) is 22.2 Å². The molecule has 12 heteroatoms. The summed E-state index contributed by atoms with van der Waals surface area (Å²) in [6.45, 7) is 3.79. The minimum atomic E-state index is -0.857. The van der Waals surface area contributed by atoms with E-state index in [1.54, 1.807) is 0 Å². The topological polar surface area (TPSA) is 127 Å². The van der Waals surface area contributed by atoms with Crippen molar-refractivity contribution in [1.82, 2.24) is 19.7 Å². The Morgan fingerprint density at radius 1 is 1.15 bits per heavy atom. The fourth-order valence-corrected chi connectivity index (χ4v) is 6.90. The summed E-state index contributed by atoms with van der Waals surface area (Å²) in [5.74, 6) is -0.492. The van der Waals surface area contributed by atoms with E-state index in [2.05, 4.69) is 10.1 Å². The van der Waals surface area contributed by atoms with Crippen LogP contribution in [0.1, 0.15) is 59.8 Å². The van der Waals surface area contributed by atoms with Crippen LogP contribution in [0, 0.1) is 0 Å². The predicted molar refractivity (Wildman–Crippen MR) is 154 cm³/mol. The Labute approximate surface area is 243 Å². The van der Waals surface area contributed by atoms with Crippen molar-refractivity contribution in [3.05, 3.63) is 95.0 Å². The molecule has 1 aliphatic carbocycles. The molecule has 4 aromatic rings. The van der Waals surface area contributed by atoms with Crippen LogP contribution in [-0.4, -0.2) is 43.0 Å². The molecule has 1 saturated carbocycles. The van der Waals surface area contributed by atoms with Crippen LogP contribution >= 0.6 is 34.5 Å². The minimum Gasteiger partial charge on any atom is -0.458 e. The molecule has 0 radical (unpaired) electrons. The second-order valence-electron chi connectivity index (χ2n) is 10.2. The van der Waals surface area contributed by atoms with Crippen molar-refractivity contribution in [3.8, 4) is 16.9 Å². The van der Waals surface area contributed by atoms with Gasteiger partial charge in [0.05, 0.1) is 17.5 Å². The number of thiazole rings is 1. The molecule has 2 aromatic carbocycles. The third-order valence-corrected chi connectivity index (χ3v) is 8.83. The molecule has 2 aromatic heterocycles. The van der Waals surface area contributed by atoms with Gasteiger partial charge in [-0.2, -0.15) is 9.78 Å². The number of benzene rings is 2. The lowest BCUT2D eigenvalue weighted by atomic mass is 9.85. The Hall–Kier alpha value is -3.31. The van der Waals surface area contributed by atoms with Gasteiger partial charge in [-0.25, -0.2) is 14.6 Å². The highest BCUT2D eigenvalue weighted by Crippen LogP contribution is 2.44. The zero-order valence-corrected chi connectivity index (χ0v) is 24.0. The number of esters is 1. The van der Waals surface area contributed by atoms with Gasteiger partial charge in [0.2, 0.25) is 0 Å². The summed E-state index contributed by atoms with van der Waals surface area (Å²) in [7, 11) is 0. The minimum absolute atomic E-state index is 0.254. The molecule has 208 valence electrons. The zero-order valence-electron chi connectivity index (χ0n) is 21.7. The Balaban J connectivity index is 1.55. The Kier molecular flexibility index (Phi) is 7.96. The summed E-state index contributed by atoms with van der Waals surface area (Å²) < 4.78 is 6.82. The van der Waals surface area contributed by atoms with E-state index < -0.39 is 28.7 Å². The molecule has 0 aliphatic heterocycles. The summed E-state index contributed by atoms with van der Waals surface area (Å²) in [6, 6.07) is 12.4. The lowest BCUT2D eigenvalue weighted by Crippen LogP contribution is -2.30. The third kappa shape index (κ3) is 5.62. The van der Waals surface area contributed by atoms with Gasteiger partial charge >= 0.3 is 11.7 Å². The molecule has 2 unspecified atom stereocenters. The molecular formula is C28H26Cl2N4O5S. The predicted octanol–water partition coefficient (Wildman–Crippen LogP) is 5.14. The second-order valence-corrected chi connectivity index (χ2v) is 12.0. The van der Waals surface area contributed by atoms with E-state index >= 15 is 0 Å². The molecule has 0 amide bonds. The smallest absolute Gasteiger partial charge is 0.350 e. The number of carbonyl (C=O) groups is 1. The quantitative estimate of drug-likeness (QED) is 0.293. The van der Waals surface area contributed by atoms with E-state index in [0.717, 1.165) is 22.9 Å². The lowest BCUT2D eigenvalue weighted by molar-refractivity contribution is -0.00176. The maximum Gasteiger partial charge on any atom is 0.350 e. The first kappa shape index (κ1) is 28.2. The Morgan fingerprint density at radius 2 is 1.85 bits per heavy atom. The first-order chi connectivity index (χ1) is 19.0. The van der Waals surface area contributed by atoms with Gasteiger partial charge < -0.3 is 9.84 Å². The van der Waals surface area contributed by atoms with Gasteiger partial charge in [-0.1, -0.05) is 53.5 Å². The van der Waals surface area contributed by atoms with Crippen LogP contribution in [0.2, 0.25) is 10.0 Å². The summed E-state index contributed by atoms with van der Waals surface area (Å²) >= 11 is 14.7. The van der Waals surface area contributed by atoms with Gasteiger partial charge in [0.15, 0.2) is 0 Å². The maximum absolute atomic E-state index is 13.4. The number of nitrogens with one attached hydrogen (secondary N) is 1. The van der Waals surface area contributed by atoms with Crippen molar-refractivity contribution >= 4 is 40.5 Å². The molecule has 2 N–H and O–H groups in total. The van der Waals surface area contributed by atoms with Crippen molar-refractivity contribution in [3.63, 3.8) is 0 Å². The first-order valence-electron chi connectivity index (χ1n) is 12.7. The number of aliphatic hydroxyl groups is 1. The highest BCUT2D eigenvalue weighted by Gasteiger charge is 2.35. The number of carbonyl (C=O) groups excluding carboxylic acids is 1. The highest BCUT2D eigenvalue weighted by atomic mass is 35.5. The standard InChI is InChI=1S/C28H26Cl2N4O5S/c1-28(2,22-19(29)11-16(12-20(22)30)34-27(38)32-21(36)14-31-34)26-33-23(15-7-4-3-5-8-15)24(40-26)25(37)39-18-10-6-9-17(35)13-18/h3-5,7-8,11-12,14,17-18,35H,6,9-10,13H2,1-2H3,(H,32,36,38). The number of ether oxygens (including phenoxy) is 1. The van der Waals surface area contributed by atoms with Crippen LogP contribution in [0.15, 0.2) is 58.3 Å².